The Balaban J connectivity index is 2.36. The van der Waals surface area contributed by atoms with Crippen molar-refractivity contribution in [3.8, 4) is 6.07 Å². The number of nitriles is 1. The van der Waals surface area contributed by atoms with Crippen molar-refractivity contribution in [2.75, 3.05) is 6.61 Å². The maximum Gasteiger partial charge on any atom is 0.212 e. The van der Waals surface area contributed by atoms with Gasteiger partial charge in [0, 0.05) is 18.7 Å². The Morgan fingerprint density at radius 2 is 1.90 bits per heavy atom. The average Bonchev–Trinajstić information content (AvgIpc) is 2.49. The standard InChI is InChI=1S/C16H15FN2O/c17-16-7-6-13(11-19-16)14(8-9-20)15(10-18)12-4-2-1-3-5-12/h1-7,11,14-15,20H,8-9H2/t14-,15-/m1/s1. The first-order valence-electron chi connectivity index (χ1n) is 6.43. The summed E-state index contributed by atoms with van der Waals surface area (Å²) in [5.41, 5.74) is 1.65. The second-order valence-electron chi connectivity index (χ2n) is 4.55. The predicted octanol–water partition coefficient (Wildman–Crippen LogP) is 2.99. The minimum Gasteiger partial charge on any atom is -0.396 e. The van der Waals surface area contributed by atoms with Gasteiger partial charge in [-0.1, -0.05) is 36.4 Å². The summed E-state index contributed by atoms with van der Waals surface area (Å²) in [6.45, 7) is -0.0347. The minimum atomic E-state index is -0.551. The number of aliphatic hydroxyl groups excluding tert-OH is 1. The fourth-order valence-corrected chi connectivity index (χ4v) is 2.33. The molecule has 0 aliphatic rings. The zero-order chi connectivity index (χ0) is 14.4. The molecule has 1 N–H and O–H groups in total. The summed E-state index contributed by atoms with van der Waals surface area (Å²) in [5.74, 6) is -1.15. The van der Waals surface area contributed by atoms with Crippen LogP contribution in [0.3, 0.4) is 0 Å². The van der Waals surface area contributed by atoms with Gasteiger partial charge in [0.2, 0.25) is 5.95 Å². The van der Waals surface area contributed by atoms with Gasteiger partial charge < -0.3 is 5.11 Å². The number of benzene rings is 1. The molecule has 0 aliphatic heterocycles. The minimum absolute atomic E-state index is 0.0347. The van der Waals surface area contributed by atoms with E-state index < -0.39 is 11.9 Å². The molecule has 3 nitrogen and oxygen atoms in total. The maximum absolute atomic E-state index is 12.9. The maximum atomic E-state index is 12.9. The molecule has 0 bridgehead atoms. The molecule has 1 heterocycles. The van der Waals surface area contributed by atoms with Crippen molar-refractivity contribution in [3.63, 3.8) is 0 Å². The van der Waals surface area contributed by atoms with Gasteiger partial charge in [-0.15, -0.1) is 0 Å². The fraction of sp³-hybridized carbons (Fsp3) is 0.250. The van der Waals surface area contributed by atoms with E-state index in [1.54, 1.807) is 6.07 Å². The highest BCUT2D eigenvalue weighted by Gasteiger charge is 2.24. The molecule has 0 unspecified atom stereocenters. The summed E-state index contributed by atoms with van der Waals surface area (Å²) in [5, 5.41) is 18.7. The number of rotatable bonds is 5. The summed E-state index contributed by atoms with van der Waals surface area (Å²) >= 11 is 0. The van der Waals surface area contributed by atoms with Gasteiger partial charge in [0.05, 0.1) is 12.0 Å². The number of nitrogens with zero attached hydrogens (tertiary/aromatic N) is 2. The number of pyridine rings is 1. The molecule has 0 radical (unpaired) electrons. The van der Waals surface area contributed by atoms with Crippen LogP contribution in [0, 0.1) is 17.3 Å². The van der Waals surface area contributed by atoms with Crippen molar-refractivity contribution in [2.24, 2.45) is 0 Å². The van der Waals surface area contributed by atoms with Gasteiger partial charge in [0.25, 0.3) is 0 Å². The first-order chi connectivity index (χ1) is 9.76. The molecule has 0 saturated heterocycles. The quantitative estimate of drug-likeness (QED) is 0.850. The van der Waals surface area contributed by atoms with Crippen LogP contribution < -0.4 is 0 Å². The van der Waals surface area contributed by atoms with Gasteiger partial charge in [-0.2, -0.15) is 9.65 Å². The molecule has 0 saturated carbocycles. The number of halogens is 1. The molecule has 0 aliphatic carbocycles. The molecule has 1 aromatic carbocycles. The lowest BCUT2D eigenvalue weighted by Crippen LogP contribution is -2.12. The largest absolute Gasteiger partial charge is 0.396 e. The van der Waals surface area contributed by atoms with Crippen LogP contribution in [0.2, 0.25) is 0 Å². The molecule has 2 atom stereocenters. The SMILES string of the molecule is N#C[C@H](c1ccccc1)[C@H](CCO)c1ccc(F)nc1. The highest BCUT2D eigenvalue weighted by molar-refractivity contribution is 5.32. The second kappa shape index (κ2) is 6.78. The van der Waals surface area contributed by atoms with Gasteiger partial charge in [-0.3, -0.25) is 0 Å². The van der Waals surface area contributed by atoms with E-state index in [2.05, 4.69) is 11.1 Å². The third-order valence-electron chi connectivity index (χ3n) is 3.32. The van der Waals surface area contributed by atoms with E-state index in [0.717, 1.165) is 11.1 Å². The number of hydrogen-bond donors (Lipinski definition) is 1. The van der Waals surface area contributed by atoms with Crippen LogP contribution in [0.1, 0.15) is 29.4 Å². The third-order valence-corrected chi connectivity index (χ3v) is 3.32. The lowest BCUT2D eigenvalue weighted by molar-refractivity contribution is 0.272. The average molecular weight is 270 g/mol. The summed E-state index contributed by atoms with van der Waals surface area (Å²) < 4.78 is 12.9. The van der Waals surface area contributed by atoms with Crippen LogP contribution in [0.5, 0.6) is 0 Å². The van der Waals surface area contributed by atoms with E-state index in [-0.39, 0.29) is 12.5 Å². The normalized spacial score (nSPS) is 13.4. The van der Waals surface area contributed by atoms with Crippen molar-refractivity contribution in [1.82, 2.24) is 4.98 Å². The van der Waals surface area contributed by atoms with Crippen LogP contribution in [0.4, 0.5) is 4.39 Å². The number of hydrogen-bond acceptors (Lipinski definition) is 3. The molecule has 2 rings (SSSR count). The van der Waals surface area contributed by atoms with Crippen molar-refractivity contribution < 1.29 is 9.50 Å². The highest BCUT2D eigenvalue weighted by atomic mass is 19.1. The van der Waals surface area contributed by atoms with Gasteiger partial charge in [-0.05, 0) is 23.6 Å². The Morgan fingerprint density at radius 3 is 2.45 bits per heavy atom. The fourth-order valence-electron chi connectivity index (χ4n) is 2.33. The van der Waals surface area contributed by atoms with Crippen LogP contribution in [-0.2, 0) is 0 Å². The van der Waals surface area contributed by atoms with Crippen LogP contribution in [0.25, 0.3) is 0 Å². The summed E-state index contributed by atoms with van der Waals surface area (Å²) in [6.07, 6.45) is 1.86. The van der Waals surface area contributed by atoms with E-state index in [0.29, 0.717) is 6.42 Å². The van der Waals surface area contributed by atoms with Crippen molar-refractivity contribution in [1.29, 1.82) is 5.26 Å². The molecule has 0 amide bonds. The summed E-state index contributed by atoms with van der Waals surface area (Å²) in [7, 11) is 0. The topological polar surface area (TPSA) is 56.9 Å². The monoisotopic (exact) mass is 270 g/mol. The van der Waals surface area contributed by atoms with Gasteiger partial charge >= 0.3 is 0 Å². The van der Waals surface area contributed by atoms with E-state index in [1.165, 1.54) is 12.3 Å². The van der Waals surface area contributed by atoms with Crippen molar-refractivity contribution >= 4 is 0 Å². The second-order valence-corrected chi connectivity index (χ2v) is 4.55. The molecular weight excluding hydrogens is 255 g/mol. The van der Waals surface area contributed by atoms with Crippen LogP contribution in [-0.4, -0.2) is 16.7 Å². The van der Waals surface area contributed by atoms with Crippen LogP contribution >= 0.6 is 0 Å². The lowest BCUT2D eigenvalue weighted by atomic mass is 9.81. The zero-order valence-corrected chi connectivity index (χ0v) is 10.9. The molecule has 4 heteroatoms. The van der Waals surface area contributed by atoms with Crippen molar-refractivity contribution in [3.05, 3.63) is 65.7 Å². The summed E-state index contributed by atoms with van der Waals surface area (Å²) in [4.78, 5) is 3.63. The molecule has 102 valence electrons. The van der Waals surface area contributed by atoms with Gasteiger partial charge in [-0.25, -0.2) is 4.98 Å². The van der Waals surface area contributed by atoms with Crippen LogP contribution in [0.15, 0.2) is 48.7 Å². The van der Waals surface area contributed by atoms with Gasteiger partial charge in [0.1, 0.15) is 0 Å². The predicted molar refractivity (Wildman–Crippen MR) is 73.4 cm³/mol. The Morgan fingerprint density at radius 1 is 1.15 bits per heavy atom. The lowest BCUT2D eigenvalue weighted by Gasteiger charge is -2.21. The smallest absolute Gasteiger partial charge is 0.212 e. The molecular formula is C16H15FN2O. The van der Waals surface area contributed by atoms with E-state index in [4.69, 9.17) is 0 Å². The first-order valence-corrected chi connectivity index (χ1v) is 6.43. The van der Waals surface area contributed by atoms with E-state index >= 15 is 0 Å². The Bertz CT molecular complexity index is 578. The number of aromatic nitrogens is 1. The molecule has 0 fully saturated rings. The molecule has 1 aromatic heterocycles. The molecule has 0 spiro atoms. The Kier molecular flexibility index (Phi) is 4.80. The molecule has 2 aromatic rings. The number of aliphatic hydroxyl groups is 1. The Hall–Kier alpha value is -2.25. The molecule has 20 heavy (non-hydrogen) atoms. The summed E-state index contributed by atoms with van der Waals surface area (Å²) in [6, 6.07) is 14.6. The zero-order valence-electron chi connectivity index (χ0n) is 10.9. The van der Waals surface area contributed by atoms with E-state index in [9.17, 15) is 14.8 Å². The highest BCUT2D eigenvalue weighted by Crippen LogP contribution is 2.34. The third kappa shape index (κ3) is 3.19. The first kappa shape index (κ1) is 14.2. The van der Waals surface area contributed by atoms with Gasteiger partial charge in [0.15, 0.2) is 0 Å². The van der Waals surface area contributed by atoms with Crippen molar-refractivity contribution in [2.45, 2.75) is 18.3 Å². The Labute approximate surface area is 117 Å². The van der Waals surface area contributed by atoms with E-state index in [1.807, 2.05) is 30.3 Å².